The first-order valence-corrected chi connectivity index (χ1v) is 9.28. The van der Waals surface area contributed by atoms with Crippen molar-refractivity contribution in [2.75, 3.05) is 0 Å². The number of halogens is 3. The molecule has 0 amide bonds. The van der Waals surface area contributed by atoms with Crippen LogP contribution < -0.4 is 0 Å². The maximum absolute atomic E-state index is 12.6. The smallest absolute Gasteiger partial charge is 0.240 e. The maximum Gasteiger partial charge on any atom is 0.416 e. The third-order valence-electron chi connectivity index (χ3n) is 3.46. The summed E-state index contributed by atoms with van der Waals surface area (Å²) in [6.07, 6.45) is -0.917. The van der Waals surface area contributed by atoms with Crippen LogP contribution in [-0.4, -0.2) is 24.6 Å². The fraction of sp³-hybridized carbons (Fsp3) is 0.125. The summed E-state index contributed by atoms with van der Waals surface area (Å²) in [6, 6.07) is 6.78. The van der Waals surface area contributed by atoms with Crippen molar-refractivity contribution in [3.05, 3.63) is 59.4 Å². The predicted molar refractivity (Wildman–Crippen MR) is 92.9 cm³/mol. The summed E-state index contributed by atoms with van der Waals surface area (Å²) in [4.78, 5) is 12.9. The number of thioether (sulfide) groups is 1. The van der Waals surface area contributed by atoms with Crippen molar-refractivity contribution < 1.29 is 13.2 Å². The molecule has 4 aromatic rings. The van der Waals surface area contributed by atoms with Crippen LogP contribution in [0.1, 0.15) is 11.3 Å². The first kappa shape index (κ1) is 17.0. The molecule has 26 heavy (non-hydrogen) atoms. The predicted octanol–water partition coefficient (Wildman–Crippen LogP) is 4.56. The second-order valence-corrected chi connectivity index (χ2v) is 7.07. The molecule has 0 radical (unpaired) electrons. The van der Waals surface area contributed by atoms with Crippen LogP contribution >= 0.6 is 23.1 Å². The summed E-state index contributed by atoms with van der Waals surface area (Å²) in [5.41, 5.74) is 0.816. The van der Waals surface area contributed by atoms with E-state index in [-0.39, 0.29) is 0 Å². The second kappa shape index (κ2) is 6.69. The molecule has 132 valence electrons. The lowest BCUT2D eigenvalue weighted by Crippen LogP contribution is -2.03. The molecule has 0 bridgehead atoms. The number of fused-ring (bicyclic) bond motifs is 1. The Bertz CT molecular complexity index is 1010. The highest BCUT2D eigenvalue weighted by Gasteiger charge is 2.30. The largest absolute Gasteiger partial charge is 0.416 e. The molecule has 0 saturated carbocycles. The topological polar surface area (TPSA) is 56.0 Å². The van der Waals surface area contributed by atoms with Gasteiger partial charge in [-0.05, 0) is 18.2 Å². The lowest BCUT2D eigenvalue weighted by atomic mass is 10.1. The maximum atomic E-state index is 12.6. The van der Waals surface area contributed by atoms with Crippen molar-refractivity contribution in [3.63, 3.8) is 0 Å². The Morgan fingerprint density at radius 3 is 2.65 bits per heavy atom. The van der Waals surface area contributed by atoms with Crippen LogP contribution in [0.3, 0.4) is 0 Å². The Hall–Kier alpha value is -2.46. The van der Waals surface area contributed by atoms with Gasteiger partial charge in [-0.3, -0.25) is 0 Å². The van der Waals surface area contributed by atoms with E-state index in [1.807, 2.05) is 5.38 Å². The fourth-order valence-electron chi connectivity index (χ4n) is 2.22. The number of thiazole rings is 1. The van der Waals surface area contributed by atoms with E-state index in [0.717, 1.165) is 17.8 Å². The minimum Gasteiger partial charge on any atom is -0.240 e. The van der Waals surface area contributed by atoms with Crippen molar-refractivity contribution in [1.82, 2.24) is 24.6 Å². The van der Waals surface area contributed by atoms with Crippen LogP contribution in [-0.2, 0) is 11.9 Å². The summed E-state index contributed by atoms with van der Waals surface area (Å²) < 4.78 is 39.5. The molecule has 0 spiro atoms. The molecular weight excluding hydrogens is 383 g/mol. The molecule has 0 saturated heterocycles. The lowest BCUT2D eigenvalue weighted by molar-refractivity contribution is -0.137. The van der Waals surface area contributed by atoms with E-state index in [1.54, 1.807) is 23.0 Å². The van der Waals surface area contributed by atoms with Gasteiger partial charge in [-0.15, -0.1) is 16.4 Å². The van der Waals surface area contributed by atoms with Crippen LogP contribution in [0.25, 0.3) is 16.3 Å². The minimum atomic E-state index is -4.33. The molecule has 0 unspecified atom stereocenters. The number of alkyl halides is 3. The molecule has 0 N–H and O–H groups in total. The number of hydrogen-bond acceptors (Lipinski definition) is 6. The van der Waals surface area contributed by atoms with Gasteiger partial charge in [0.2, 0.25) is 5.16 Å². The average Bonchev–Trinajstić information content (AvgIpc) is 3.26. The van der Waals surface area contributed by atoms with Gasteiger partial charge in [0, 0.05) is 29.1 Å². The summed E-state index contributed by atoms with van der Waals surface area (Å²) in [7, 11) is 0. The summed E-state index contributed by atoms with van der Waals surface area (Å²) in [5.74, 6) is 1.09. The molecule has 3 heterocycles. The standard InChI is InChI=1S/C16H10F3N5S2/c17-16(18,19)11-4-2-10(3-5-11)13-21-12(8-25-13)9-26-15-22-14-20-6-1-7-24(14)23-15/h1-8H,9H2. The van der Waals surface area contributed by atoms with Gasteiger partial charge < -0.3 is 0 Å². The average molecular weight is 393 g/mol. The molecule has 0 atom stereocenters. The Kier molecular flexibility index (Phi) is 4.37. The quantitative estimate of drug-likeness (QED) is 0.476. The zero-order valence-corrected chi connectivity index (χ0v) is 14.6. The van der Waals surface area contributed by atoms with Gasteiger partial charge in [-0.25, -0.2) is 14.5 Å². The van der Waals surface area contributed by atoms with E-state index in [4.69, 9.17) is 0 Å². The molecule has 3 aromatic heterocycles. The Morgan fingerprint density at radius 2 is 1.92 bits per heavy atom. The van der Waals surface area contributed by atoms with Crippen LogP contribution in [0, 0.1) is 0 Å². The van der Waals surface area contributed by atoms with Crippen molar-refractivity contribution in [2.45, 2.75) is 17.1 Å². The Morgan fingerprint density at radius 1 is 1.12 bits per heavy atom. The Balaban J connectivity index is 1.46. The van der Waals surface area contributed by atoms with Gasteiger partial charge >= 0.3 is 6.18 Å². The SMILES string of the molecule is FC(F)(F)c1ccc(-c2nc(CSc3nc4ncccn4n3)cs2)cc1. The highest BCUT2D eigenvalue weighted by Crippen LogP contribution is 2.32. The van der Waals surface area contributed by atoms with E-state index in [2.05, 4.69) is 20.1 Å². The van der Waals surface area contributed by atoms with Crippen LogP contribution in [0.2, 0.25) is 0 Å². The van der Waals surface area contributed by atoms with Crippen LogP contribution in [0.15, 0.2) is 53.3 Å². The third kappa shape index (κ3) is 3.56. The third-order valence-corrected chi connectivity index (χ3v) is 5.27. The molecule has 4 rings (SSSR count). The summed E-state index contributed by atoms with van der Waals surface area (Å²) >= 11 is 2.82. The zero-order chi connectivity index (χ0) is 18.1. The van der Waals surface area contributed by atoms with E-state index in [1.165, 1.54) is 35.2 Å². The number of hydrogen-bond donors (Lipinski definition) is 0. The van der Waals surface area contributed by atoms with Gasteiger partial charge in [-0.1, -0.05) is 23.9 Å². The van der Waals surface area contributed by atoms with Crippen molar-refractivity contribution in [1.29, 1.82) is 0 Å². The molecule has 0 aliphatic rings. The van der Waals surface area contributed by atoms with Gasteiger partial charge in [0.25, 0.3) is 5.78 Å². The normalized spacial score (nSPS) is 12.0. The number of aromatic nitrogens is 5. The molecule has 1 aromatic carbocycles. The second-order valence-electron chi connectivity index (χ2n) is 5.27. The van der Waals surface area contributed by atoms with Gasteiger partial charge in [0.1, 0.15) is 5.01 Å². The van der Waals surface area contributed by atoms with Crippen LogP contribution in [0.5, 0.6) is 0 Å². The molecule has 10 heteroatoms. The summed E-state index contributed by atoms with van der Waals surface area (Å²) in [5, 5.41) is 7.45. The number of benzene rings is 1. The summed E-state index contributed by atoms with van der Waals surface area (Å²) in [6.45, 7) is 0. The number of rotatable bonds is 4. The van der Waals surface area contributed by atoms with Crippen LogP contribution in [0.4, 0.5) is 13.2 Å². The van der Waals surface area contributed by atoms with Gasteiger partial charge in [-0.2, -0.15) is 18.2 Å². The van der Waals surface area contributed by atoms with E-state index >= 15 is 0 Å². The van der Waals surface area contributed by atoms with E-state index in [0.29, 0.717) is 27.3 Å². The molecule has 5 nitrogen and oxygen atoms in total. The van der Waals surface area contributed by atoms with Crippen molar-refractivity contribution >= 4 is 28.9 Å². The first-order valence-electron chi connectivity index (χ1n) is 7.41. The molecule has 0 aliphatic carbocycles. The zero-order valence-electron chi connectivity index (χ0n) is 13.0. The molecular formula is C16H10F3N5S2. The van der Waals surface area contributed by atoms with Gasteiger partial charge in [0.05, 0.1) is 11.3 Å². The highest BCUT2D eigenvalue weighted by atomic mass is 32.2. The minimum absolute atomic E-state index is 0.527. The fourth-order valence-corrected chi connectivity index (χ4v) is 3.87. The van der Waals surface area contributed by atoms with E-state index in [9.17, 15) is 13.2 Å². The molecule has 0 aliphatic heterocycles. The Labute approximate surface area is 154 Å². The first-order chi connectivity index (χ1) is 12.5. The lowest BCUT2D eigenvalue weighted by Gasteiger charge is -2.06. The van der Waals surface area contributed by atoms with Crippen molar-refractivity contribution in [3.8, 4) is 10.6 Å². The van der Waals surface area contributed by atoms with E-state index < -0.39 is 11.7 Å². The van der Waals surface area contributed by atoms with Crippen molar-refractivity contribution in [2.24, 2.45) is 0 Å². The molecule has 0 fully saturated rings. The highest BCUT2D eigenvalue weighted by molar-refractivity contribution is 7.98. The monoisotopic (exact) mass is 393 g/mol. The number of nitrogens with zero attached hydrogens (tertiary/aromatic N) is 5. The van der Waals surface area contributed by atoms with Gasteiger partial charge in [0.15, 0.2) is 0 Å².